The van der Waals surface area contributed by atoms with Gasteiger partial charge in [-0.1, -0.05) is 200 Å². The van der Waals surface area contributed by atoms with Crippen molar-refractivity contribution >= 4 is 61.4 Å². The Morgan fingerprint density at radius 3 is 1.28 bits per heavy atom. The van der Waals surface area contributed by atoms with Gasteiger partial charge in [-0.2, -0.15) is 0 Å². The molecule has 0 N–H and O–H groups in total. The van der Waals surface area contributed by atoms with Gasteiger partial charge in [0.25, 0.3) is 0 Å². The molecule has 0 atom stereocenters. The Morgan fingerprint density at radius 2 is 0.722 bits per heavy atom. The summed E-state index contributed by atoms with van der Waals surface area (Å²) in [4.78, 5) is 0. The largest absolute Gasteiger partial charge is 0.309 e. The predicted molar refractivity (Wildman–Crippen MR) is 233 cm³/mol. The van der Waals surface area contributed by atoms with E-state index in [1.807, 2.05) is 0 Å². The van der Waals surface area contributed by atoms with Crippen LogP contribution in [0.2, 0.25) is 0 Å². The fourth-order valence-corrected chi connectivity index (χ4v) is 13.5. The second kappa shape index (κ2) is 13.3. The summed E-state index contributed by atoms with van der Waals surface area (Å²) >= 11 is 0. The van der Waals surface area contributed by atoms with Crippen molar-refractivity contribution in [2.45, 2.75) is 0 Å². The molecule has 2 heteroatoms. The van der Waals surface area contributed by atoms with Gasteiger partial charge >= 0.3 is 0 Å². The monoisotopic (exact) mass is 703 g/mol. The summed E-state index contributed by atoms with van der Waals surface area (Å²) < 4.78 is 2.43. The third-order valence-electron chi connectivity index (χ3n) is 11.2. The first kappa shape index (κ1) is 31.9. The second-order valence-corrected chi connectivity index (χ2v) is 17.9. The first-order chi connectivity index (χ1) is 26.8. The third kappa shape index (κ3) is 5.15. The maximum Gasteiger partial charge on any atom is 0.179 e. The van der Waals surface area contributed by atoms with Gasteiger partial charge in [-0.15, -0.1) is 0 Å². The van der Waals surface area contributed by atoms with Crippen LogP contribution in [-0.4, -0.2) is 12.6 Å². The van der Waals surface area contributed by atoms with Crippen LogP contribution in [0.25, 0.3) is 60.5 Å². The van der Waals surface area contributed by atoms with Crippen LogP contribution in [0.4, 0.5) is 0 Å². The highest BCUT2D eigenvalue weighted by atomic mass is 28.3. The number of aromatic nitrogens is 1. The lowest BCUT2D eigenvalue weighted by atomic mass is 9.94. The molecular weight excluding hydrogens is 667 g/mol. The molecule has 0 bridgehead atoms. The smallest absolute Gasteiger partial charge is 0.179 e. The molecule has 10 rings (SSSR count). The van der Waals surface area contributed by atoms with Crippen molar-refractivity contribution in [3.63, 3.8) is 0 Å². The van der Waals surface area contributed by atoms with Crippen molar-refractivity contribution < 1.29 is 0 Å². The Labute approximate surface area is 317 Å². The number of benzene rings is 9. The first-order valence-corrected chi connectivity index (χ1v) is 20.7. The van der Waals surface area contributed by atoms with E-state index in [0.29, 0.717) is 0 Å². The molecule has 10 aromatic rings. The summed E-state index contributed by atoms with van der Waals surface area (Å²) in [6.07, 6.45) is 0. The number of rotatable bonds is 7. The molecule has 0 aliphatic carbocycles. The van der Waals surface area contributed by atoms with Crippen molar-refractivity contribution in [3.8, 4) is 27.9 Å². The first-order valence-electron chi connectivity index (χ1n) is 18.7. The third-order valence-corrected chi connectivity index (χ3v) is 16.0. The Kier molecular flexibility index (Phi) is 7.90. The molecule has 1 nitrogen and oxygen atoms in total. The van der Waals surface area contributed by atoms with Crippen LogP contribution in [0.15, 0.2) is 224 Å². The highest BCUT2D eigenvalue weighted by molar-refractivity contribution is 7.19. The Bertz CT molecular complexity index is 2760. The van der Waals surface area contributed by atoms with Crippen LogP contribution < -0.4 is 20.7 Å². The molecule has 0 aliphatic heterocycles. The van der Waals surface area contributed by atoms with E-state index in [1.165, 1.54) is 81.3 Å². The Morgan fingerprint density at radius 1 is 0.278 bits per heavy atom. The summed E-state index contributed by atoms with van der Waals surface area (Å²) in [5.74, 6) is 0. The van der Waals surface area contributed by atoms with E-state index in [-0.39, 0.29) is 0 Å². The quantitative estimate of drug-likeness (QED) is 0.115. The zero-order valence-corrected chi connectivity index (χ0v) is 30.8. The standard InChI is InChI=1S/C52H37NSi/c1-4-19-41(20-5-1)54(42-21-6-2-7-22-42,43-23-8-3-9-24-43)44-33-31-38(32-34-44)39-17-16-18-40(37-39)45-35-36-52(47-26-11-10-25-46(45)47)53-50-29-14-12-27-48(50)49-28-13-15-30-51(49)53/h1-37H. The van der Waals surface area contributed by atoms with Crippen molar-refractivity contribution in [3.05, 3.63) is 224 Å². The fraction of sp³-hybridized carbons (Fsp3) is 0. The lowest BCUT2D eigenvalue weighted by Gasteiger charge is -2.34. The number of para-hydroxylation sites is 2. The van der Waals surface area contributed by atoms with E-state index in [4.69, 9.17) is 0 Å². The van der Waals surface area contributed by atoms with Crippen molar-refractivity contribution in [1.82, 2.24) is 4.57 Å². The van der Waals surface area contributed by atoms with Crippen molar-refractivity contribution in [2.75, 3.05) is 0 Å². The number of nitrogens with zero attached hydrogens (tertiary/aromatic N) is 1. The van der Waals surface area contributed by atoms with Crippen molar-refractivity contribution in [1.29, 1.82) is 0 Å². The van der Waals surface area contributed by atoms with Gasteiger partial charge in [0.15, 0.2) is 8.07 Å². The molecule has 9 aromatic carbocycles. The molecule has 0 unspecified atom stereocenters. The normalized spacial score (nSPS) is 11.7. The number of hydrogen-bond acceptors (Lipinski definition) is 0. The lowest BCUT2D eigenvalue weighted by molar-refractivity contribution is 1.20. The summed E-state index contributed by atoms with van der Waals surface area (Å²) in [7, 11) is -2.58. The molecule has 0 fully saturated rings. The van der Waals surface area contributed by atoms with Crippen LogP contribution >= 0.6 is 0 Å². The predicted octanol–water partition coefficient (Wildman–Crippen LogP) is 10.6. The molecule has 54 heavy (non-hydrogen) atoms. The van der Waals surface area contributed by atoms with Crippen LogP contribution in [0.3, 0.4) is 0 Å². The second-order valence-electron chi connectivity index (χ2n) is 14.1. The molecule has 0 aliphatic rings. The maximum absolute atomic E-state index is 2.58. The number of hydrogen-bond donors (Lipinski definition) is 0. The van der Waals surface area contributed by atoms with Gasteiger partial charge in [0.1, 0.15) is 0 Å². The molecule has 0 spiro atoms. The van der Waals surface area contributed by atoms with E-state index in [1.54, 1.807) is 0 Å². The van der Waals surface area contributed by atoms with Crippen LogP contribution in [-0.2, 0) is 0 Å². The fourth-order valence-electron chi connectivity index (χ4n) is 8.76. The summed E-state index contributed by atoms with van der Waals surface area (Å²) in [5, 5.41) is 10.6. The number of fused-ring (bicyclic) bond motifs is 4. The summed E-state index contributed by atoms with van der Waals surface area (Å²) in [6, 6.07) is 82.8. The van der Waals surface area contributed by atoms with Gasteiger partial charge in [-0.05, 0) is 72.7 Å². The van der Waals surface area contributed by atoms with E-state index >= 15 is 0 Å². The zero-order valence-electron chi connectivity index (χ0n) is 29.8. The minimum atomic E-state index is -2.58. The van der Waals surface area contributed by atoms with Gasteiger partial charge < -0.3 is 4.57 Å². The van der Waals surface area contributed by atoms with Crippen LogP contribution in [0.1, 0.15) is 0 Å². The van der Waals surface area contributed by atoms with E-state index in [2.05, 4.69) is 229 Å². The molecular formula is C52H37NSi. The Hall–Kier alpha value is -6.74. The van der Waals surface area contributed by atoms with Gasteiger partial charge in [0.2, 0.25) is 0 Å². The average molecular weight is 704 g/mol. The highest BCUT2D eigenvalue weighted by Crippen LogP contribution is 2.38. The van der Waals surface area contributed by atoms with Crippen molar-refractivity contribution in [2.24, 2.45) is 0 Å². The SMILES string of the molecule is c1ccc([Si](c2ccccc2)(c2ccccc2)c2ccc(-c3cccc(-c4ccc(-n5c6ccccc6c6ccccc65)c5ccccc45)c3)cc2)cc1. The Balaban J connectivity index is 1.09. The summed E-state index contributed by atoms with van der Waals surface area (Å²) in [6.45, 7) is 0. The molecule has 1 heterocycles. The maximum atomic E-state index is 2.43. The van der Waals surface area contributed by atoms with E-state index in [0.717, 1.165) is 0 Å². The highest BCUT2D eigenvalue weighted by Gasteiger charge is 2.41. The zero-order chi connectivity index (χ0) is 35.9. The van der Waals surface area contributed by atoms with Gasteiger partial charge in [-0.25, -0.2) is 0 Å². The molecule has 0 radical (unpaired) electrons. The molecule has 0 amide bonds. The molecule has 254 valence electrons. The van der Waals surface area contributed by atoms with Gasteiger partial charge in [-0.3, -0.25) is 0 Å². The van der Waals surface area contributed by atoms with Crippen LogP contribution in [0.5, 0.6) is 0 Å². The van der Waals surface area contributed by atoms with E-state index < -0.39 is 8.07 Å². The van der Waals surface area contributed by atoms with Crippen LogP contribution in [0, 0.1) is 0 Å². The minimum absolute atomic E-state index is 1.20. The van der Waals surface area contributed by atoms with Gasteiger partial charge in [0.05, 0.1) is 16.7 Å². The van der Waals surface area contributed by atoms with Gasteiger partial charge in [0, 0.05) is 16.2 Å². The van der Waals surface area contributed by atoms with E-state index in [9.17, 15) is 0 Å². The molecule has 1 aromatic heterocycles. The molecule has 0 saturated carbocycles. The molecule has 0 saturated heterocycles. The average Bonchev–Trinajstić information content (AvgIpc) is 3.59. The minimum Gasteiger partial charge on any atom is -0.309 e. The topological polar surface area (TPSA) is 4.93 Å². The summed E-state index contributed by atoms with van der Waals surface area (Å²) in [5.41, 5.74) is 8.51. The lowest BCUT2D eigenvalue weighted by Crippen LogP contribution is -2.74.